The quantitative estimate of drug-likeness (QED) is 0.853. The maximum absolute atomic E-state index is 12.0. The fourth-order valence-corrected chi connectivity index (χ4v) is 2.61. The van der Waals surface area contributed by atoms with Crippen molar-refractivity contribution in [2.75, 3.05) is 6.61 Å². The molecule has 2 rings (SSSR count). The van der Waals surface area contributed by atoms with E-state index < -0.39 is 0 Å². The van der Waals surface area contributed by atoms with Gasteiger partial charge in [0.05, 0.1) is 13.2 Å². The smallest absolute Gasteiger partial charge is 0.251 e. The van der Waals surface area contributed by atoms with Crippen LogP contribution in [0.4, 0.5) is 0 Å². The van der Waals surface area contributed by atoms with E-state index in [-0.39, 0.29) is 12.5 Å². The molecule has 0 aliphatic carbocycles. The lowest BCUT2D eigenvalue weighted by Gasteiger charge is -2.03. The second kappa shape index (κ2) is 7.63. The Labute approximate surface area is 128 Å². The zero-order chi connectivity index (χ0) is 15.1. The number of carbonyl (C=O) groups excluding carboxylic acids is 1. The fraction of sp³-hybridized carbons (Fsp3) is 0.235. The average Bonchev–Trinajstić information content (AvgIpc) is 2.91. The van der Waals surface area contributed by atoms with E-state index in [1.807, 2.05) is 31.2 Å². The van der Waals surface area contributed by atoms with Crippen LogP contribution in [0.15, 0.2) is 36.4 Å². The minimum atomic E-state index is -0.0871. The van der Waals surface area contributed by atoms with Gasteiger partial charge in [-0.25, -0.2) is 0 Å². The highest BCUT2D eigenvalue weighted by Gasteiger charge is 2.05. The van der Waals surface area contributed by atoms with Crippen molar-refractivity contribution in [2.45, 2.75) is 19.9 Å². The molecule has 1 aromatic carbocycles. The van der Waals surface area contributed by atoms with E-state index in [0.717, 1.165) is 10.4 Å². The highest BCUT2D eigenvalue weighted by Crippen LogP contribution is 2.14. The molecule has 0 aliphatic heterocycles. The summed E-state index contributed by atoms with van der Waals surface area (Å²) in [4.78, 5) is 14.4. The summed E-state index contributed by atoms with van der Waals surface area (Å²) < 4.78 is 0. The Bertz CT molecular complexity index is 662. The second-order valence-corrected chi connectivity index (χ2v) is 5.92. The number of aliphatic hydroxyl groups is 1. The van der Waals surface area contributed by atoms with Crippen molar-refractivity contribution in [2.24, 2.45) is 0 Å². The summed E-state index contributed by atoms with van der Waals surface area (Å²) in [5.41, 5.74) is 1.46. The molecule has 4 heteroatoms. The van der Waals surface area contributed by atoms with Crippen molar-refractivity contribution < 1.29 is 9.90 Å². The van der Waals surface area contributed by atoms with E-state index in [4.69, 9.17) is 5.11 Å². The van der Waals surface area contributed by atoms with Crippen molar-refractivity contribution in [1.29, 1.82) is 0 Å². The molecule has 0 radical (unpaired) electrons. The summed E-state index contributed by atoms with van der Waals surface area (Å²) in [7, 11) is 0. The molecule has 0 unspecified atom stereocenters. The first-order valence-electron chi connectivity index (χ1n) is 6.72. The van der Waals surface area contributed by atoms with Crippen LogP contribution in [0.2, 0.25) is 0 Å². The first-order valence-corrected chi connectivity index (χ1v) is 7.54. The van der Waals surface area contributed by atoms with Gasteiger partial charge in [0, 0.05) is 27.3 Å². The first-order chi connectivity index (χ1) is 10.2. The van der Waals surface area contributed by atoms with Gasteiger partial charge in [-0.15, -0.1) is 11.3 Å². The van der Waals surface area contributed by atoms with Crippen LogP contribution in [-0.2, 0) is 6.54 Å². The molecule has 0 bridgehead atoms. The third-order valence-electron chi connectivity index (χ3n) is 2.84. The number of carbonyl (C=O) groups is 1. The third-order valence-corrected chi connectivity index (χ3v) is 3.84. The van der Waals surface area contributed by atoms with Gasteiger partial charge in [-0.3, -0.25) is 4.79 Å². The number of amides is 1. The van der Waals surface area contributed by atoms with E-state index in [1.165, 1.54) is 4.88 Å². The van der Waals surface area contributed by atoms with Gasteiger partial charge in [0.1, 0.15) is 0 Å². The minimum absolute atomic E-state index is 0.0652. The monoisotopic (exact) mass is 299 g/mol. The maximum Gasteiger partial charge on any atom is 0.251 e. The molecule has 21 heavy (non-hydrogen) atoms. The van der Waals surface area contributed by atoms with Crippen LogP contribution in [0, 0.1) is 18.8 Å². The normalized spacial score (nSPS) is 9.81. The van der Waals surface area contributed by atoms with Gasteiger partial charge >= 0.3 is 0 Å². The van der Waals surface area contributed by atoms with Gasteiger partial charge in [-0.05, 0) is 43.3 Å². The highest BCUT2D eigenvalue weighted by molar-refractivity contribution is 7.11. The molecular formula is C17H17NO2S. The number of hydrogen-bond acceptors (Lipinski definition) is 3. The molecule has 0 saturated heterocycles. The Morgan fingerprint density at radius 2 is 2.00 bits per heavy atom. The molecule has 1 amide bonds. The standard InChI is InChI=1S/C17H17NO2S/c1-13-5-10-16(21-13)12-18-17(20)15-8-6-14(7-9-15)4-2-3-11-19/h5-10,19H,3,11-12H2,1H3,(H,18,20). The van der Waals surface area contributed by atoms with E-state index >= 15 is 0 Å². The molecule has 0 atom stereocenters. The van der Waals surface area contributed by atoms with Crippen LogP contribution >= 0.6 is 11.3 Å². The topological polar surface area (TPSA) is 49.3 Å². The third kappa shape index (κ3) is 4.75. The van der Waals surface area contributed by atoms with Gasteiger partial charge in [0.2, 0.25) is 0 Å². The fourth-order valence-electron chi connectivity index (χ4n) is 1.77. The van der Waals surface area contributed by atoms with Crippen molar-refractivity contribution in [3.8, 4) is 11.8 Å². The molecule has 2 N–H and O–H groups in total. The molecule has 108 valence electrons. The lowest BCUT2D eigenvalue weighted by atomic mass is 10.1. The summed E-state index contributed by atoms with van der Waals surface area (Å²) in [6.07, 6.45) is 0.461. The van der Waals surface area contributed by atoms with E-state index in [2.05, 4.69) is 17.2 Å². The SMILES string of the molecule is Cc1ccc(CNC(=O)c2ccc(C#CCCO)cc2)s1. The number of rotatable bonds is 4. The average molecular weight is 299 g/mol. The minimum Gasteiger partial charge on any atom is -0.395 e. The predicted molar refractivity (Wildman–Crippen MR) is 85.2 cm³/mol. The molecule has 0 spiro atoms. The Kier molecular flexibility index (Phi) is 5.56. The van der Waals surface area contributed by atoms with Crippen molar-refractivity contribution in [1.82, 2.24) is 5.32 Å². The van der Waals surface area contributed by atoms with Gasteiger partial charge in [0.25, 0.3) is 5.91 Å². The lowest BCUT2D eigenvalue weighted by Crippen LogP contribution is -2.22. The number of thiophene rings is 1. The second-order valence-electron chi connectivity index (χ2n) is 4.55. The Balaban J connectivity index is 1.92. The molecule has 0 aliphatic rings. The summed E-state index contributed by atoms with van der Waals surface area (Å²) in [5.74, 6) is 5.69. The van der Waals surface area contributed by atoms with E-state index in [0.29, 0.717) is 18.5 Å². The first kappa shape index (κ1) is 15.3. The largest absolute Gasteiger partial charge is 0.395 e. The van der Waals surface area contributed by atoms with Crippen LogP contribution in [0.3, 0.4) is 0 Å². The molecule has 3 nitrogen and oxygen atoms in total. The molecule has 2 aromatic rings. The van der Waals surface area contributed by atoms with Crippen LogP contribution in [-0.4, -0.2) is 17.6 Å². The zero-order valence-electron chi connectivity index (χ0n) is 11.8. The van der Waals surface area contributed by atoms with Crippen molar-refractivity contribution >= 4 is 17.2 Å². The van der Waals surface area contributed by atoms with E-state index in [1.54, 1.807) is 23.5 Å². The Hall–Kier alpha value is -2.09. The molecule has 0 fully saturated rings. The van der Waals surface area contributed by atoms with Crippen LogP contribution < -0.4 is 5.32 Å². The van der Waals surface area contributed by atoms with Gasteiger partial charge in [0.15, 0.2) is 0 Å². The summed E-state index contributed by atoms with van der Waals surface area (Å²) >= 11 is 1.69. The van der Waals surface area contributed by atoms with Crippen LogP contribution in [0.5, 0.6) is 0 Å². The molecule has 1 heterocycles. The summed E-state index contributed by atoms with van der Waals surface area (Å²) in [6, 6.07) is 11.2. The van der Waals surface area contributed by atoms with Gasteiger partial charge in [-0.2, -0.15) is 0 Å². The van der Waals surface area contributed by atoms with Crippen molar-refractivity contribution in [3.05, 3.63) is 57.3 Å². The molecule has 0 saturated carbocycles. The number of benzene rings is 1. The number of aryl methyl sites for hydroxylation is 1. The molecule has 1 aromatic heterocycles. The predicted octanol–water partition coefficient (Wildman–Crippen LogP) is 2.72. The Morgan fingerprint density at radius 3 is 2.62 bits per heavy atom. The lowest BCUT2D eigenvalue weighted by molar-refractivity contribution is 0.0951. The number of aliphatic hydroxyl groups excluding tert-OH is 1. The number of hydrogen-bond donors (Lipinski definition) is 2. The van der Waals surface area contributed by atoms with E-state index in [9.17, 15) is 4.79 Å². The van der Waals surface area contributed by atoms with Crippen LogP contribution in [0.25, 0.3) is 0 Å². The summed E-state index contributed by atoms with van der Waals surface area (Å²) in [5, 5.41) is 11.6. The van der Waals surface area contributed by atoms with Crippen LogP contribution in [0.1, 0.15) is 32.1 Å². The zero-order valence-corrected chi connectivity index (χ0v) is 12.7. The summed E-state index contributed by atoms with van der Waals surface area (Å²) in [6.45, 7) is 2.66. The maximum atomic E-state index is 12.0. The Morgan fingerprint density at radius 1 is 1.24 bits per heavy atom. The molecular weight excluding hydrogens is 282 g/mol. The van der Waals surface area contributed by atoms with Gasteiger partial charge in [-0.1, -0.05) is 11.8 Å². The van der Waals surface area contributed by atoms with Crippen molar-refractivity contribution in [3.63, 3.8) is 0 Å². The van der Waals surface area contributed by atoms with Gasteiger partial charge < -0.3 is 10.4 Å². The highest BCUT2D eigenvalue weighted by atomic mass is 32.1. The number of nitrogens with one attached hydrogen (secondary N) is 1.